The van der Waals surface area contributed by atoms with Crippen LogP contribution in [-0.4, -0.2) is 49.0 Å². The lowest BCUT2D eigenvalue weighted by Gasteiger charge is -2.16. The monoisotopic (exact) mass is 551 g/mol. The molecule has 0 aliphatic rings. The number of pyridine rings is 1. The van der Waals surface area contributed by atoms with Gasteiger partial charge >= 0.3 is 5.97 Å². The third kappa shape index (κ3) is 5.91. The van der Waals surface area contributed by atoms with E-state index >= 15 is 0 Å². The Kier molecular flexibility index (Phi) is 8.55. The van der Waals surface area contributed by atoms with Crippen molar-refractivity contribution in [3.8, 4) is 28.5 Å². The molecule has 0 radical (unpaired) electrons. The van der Waals surface area contributed by atoms with Gasteiger partial charge in [-0.05, 0) is 42.8 Å². The first kappa shape index (κ1) is 27.7. The molecule has 2 aromatic carbocycles. The van der Waals surface area contributed by atoms with E-state index in [-0.39, 0.29) is 36.6 Å². The summed E-state index contributed by atoms with van der Waals surface area (Å²) in [7, 11) is 4.39. The maximum Gasteiger partial charge on any atom is 0.303 e. The maximum absolute atomic E-state index is 14.3. The zero-order valence-corrected chi connectivity index (χ0v) is 22.3. The Hall–Kier alpha value is -4.31. The van der Waals surface area contributed by atoms with Crippen LogP contribution in [0.3, 0.4) is 0 Å². The molecule has 0 fully saturated rings. The maximum atomic E-state index is 14.3. The zero-order valence-electron chi connectivity index (χ0n) is 21.5. The summed E-state index contributed by atoms with van der Waals surface area (Å²) in [6.45, 7) is 0. The van der Waals surface area contributed by atoms with Gasteiger partial charge in [0.05, 0.1) is 26.0 Å². The number of carboxylic acids is 1. The van der Waals surface area contributed by atoms with Crippen LogP contribution < -0.4 is 14.2 Å². The van der Waals surface area contributed by atoms with E-state index in [1.807, 2.05) is 0 Å². The second-order valence-electron chi connectivity index (χ2n) is 8.70. The fourth-order valence-corrected chi connectivity index (χ4v) is 5.29. The first-order chi connectivity index (χ1) is 18.8. The van der Waals surface area contributed by atoms with Gasteiger partial charge in [-0.2, -0.15) is 0 Å². The number of carboxylic acid groups (broad SMARTS) is 1. The average Bonchev–Trinajstić information content (AvgIpc) is 3.39. The highest BCUT2D eigenvalue weighted by Crippen LogP contribution is 2.39. The number of carbonyl (C=O) groups excluding carboxylic acids is 2. The van der Waals surface area contributed by atoms with Gasteiger partial charge in [0.15, 0.2) is 23.1 Å². The Balaban J connectivity index is 1.69. The molecule has 1 N–H and O–H groups in total. The number of fused-ring (bicyclic) bond motifs is 1. The lowest BCUT2D eigenvalue weighted by Crippen LogP contribution is -2.21. The number of thiophene rings is 1. The van der Waals surface area contributed by atoms with Crippen LogP contribution >= 0.6 is 11.3 Å². The number of benzene rings is 2. The van der Waals surface area contributed by atoms with Crippen LogP contribution in [0.25, 0.3) is 21.3 Å². The largest absolute Gasteiger partial charge is 0.494 e. The number of ketones is 2. The van der Waals surface area contributed by atoms with Crippen LogP contribution in [0.5, 0.6) is 17.2 Å². The number of Topliss-reactive ketones (excluding diaryl/α,β-unsaturated/α-hetero) is 2. The van der Waals surface area contributed by atoms with Crippen LogP contribution in [-0.2, 0) is 4.79 Å². The zero-order chi connectivity index (χ0) is 28.1. The smallest absolute Gasteiger partial charge is 0.303 e. The van der Waals surface area contributed by atoms with Crippen molar-refractivity contribution >= 4 is 39.0 Å². The molecule has 1 atom stereocenters. The van der Waals surface area contributed by atoms with Crippen molar-refractivity contribution in [3.05, 3.63) is 71.0 Å². The van der Waals surface area contributed by atoms with Gasteiger partial charge in [0.1, 0.15) is 23.0 Å². The summed E-state index contributed by atoms with van der Waals surface area (Å²) in [5.74, 6) is -2.02. The van der Waals surface area contributed by atoms with Gasteiger partial charge in [0, 0.05) is 40.7 Å². The molecule has 10 heteroatoms. The summed E-state index contributed by atoms with van der Waals surface area (Å²) in [5, 5.41) is 11.6. The lowest BCUT2D eigenvalue weighted by atomic mass is 9.88. The molecule has 39 heavy (non-hydrogen) atoms. The van der Waals surface area contributed by atoms with Crippen LogP contribution in [0.4, 0.5) is 4.39 Å². The molecule has 1 unspecified atom stereocenters. The molecular weight excluding hydrogens is 525 g/mol. The van der Waals surface area contributed by atoms with E-state index < -0.39 is 17.7 Å². The highest BCUT2D eigenvalue weighted by molar-refractivity contribution is 7.17. The van der Waals surface area contributed by atoms with Gasteiger partial charge in [0.25, 0.3) is 0 Å². The number of aromatic nitrogens is 1. The Morgan fingerprint density at radius 1 is 0.974 bits per heavy atom. The number of carbonyl (C=O) groups is 3. The number of nitrogens with zero attached hydrogens (tertiary/aromatic N) is 1. The van der Waals surface area contributed by atoms with Crippen molar-refractivity contribution in [1.82, 2.24) is 4.98 Å². The van der Waals surface area contributed by atoms with Crippen molar-refractivity contribution in [3.63, 3.8) is 0 Å². The second-order valence-corrected chi connectivity index (χ2v) is 9.58. The molecule has 0 aliphatic carbocycles. The fraction of sp³-hybridized carbons (Fsp3) is 0.241. The molecule has 2 heterocycles. The van der Waals surface area contributed by atoms with E-state index in [0.29, 0.717) is 44.2 Å². The average molecular weight is 552 g/mol. The van der Waals surface area contributed by atoms with E-state index in [4.69, 9.17) is 14.2 Å². The lowest BCUT2D eigenvalue weighted by molar-refractivity contribution is -0.137. The summed E-state index contributed by atoms with van der Waals surface area (Å²) >= 11 is 1.21. The minimum atomic E-state index is -1.08. The Labute approximate surface area is 228 Å². The van der Waals surface area contributed by atoms with Crippen LogP contribution in [0.2, 0.25) is 0 Å². The molecule has 0 bridgehead atoms. The molecule has 4 rings (SSSR count). The normalized spacial score (nSPS) is 11.7. The van der Waals surface area contributed by atoms with Crippen LogP contribution in [0.15, 0.2) is 53.9 Å². The van der Waals surface area contributed by atoms with E-state index in [2.05, 4.69) is 4.98 Å². The van der Waals surface area contributed by atoms with Gasteiger partial charge in [-0.15, -0.1) is 11.3 Å². The molecule has 8 nitrogen and oxygen atoms in total. The quantitative estimate of drug-likeness (QED) is 0.211. The van der Waals surface area contributed by atoms with Crippen molar-refractivity contribution in [1.29, 1.82) is 0 Å². The summed E-state index contributed by atoms with van der Waals surface area (Å²) in [6, 6.07) is 12.5. The Morgan fingerprint density at radius 2 is 1.69 bits per heavy atom. The number of hydrogen-bond acceptors (Lipinski definition) is 8. The van der Waals surface area contributed by atoms with Crippen LogP contribution in [0.1, 0.15) is 40.1 Å². The summed E-state index contributed by atoms with van der Waals surface area (Å²) < 4.78 is 30.7. The Bertz CT molecular complexity index is 1550. The van der Waals surface area contributed by atoms with Crippen molar-refractivity contribution in [2.75, 3.05) is 21.3 Å². The van der Waals surface area contributed by atoms with Gasteiger partial charge in [-0.1, -0.05) is 12.1 Å². The van der Waals surface area contributed by atoms with Gasteiger partial charge < -0.3 is 19.3 Å². The number of ether oxygens (including phenoxy) is 3. The highest BCUT2D eigenvalue weighted by atomic mass is 32.1. The highest BCUT2D eigenvalue weighted by Gasteiger charge is 2.27. The molecule has 2 aromatic heterocycles. The van der Waals surface area contributed by atoms with Gasteiger partial charge in [0.2, 0.25) is 0 Å². The predicted octanol–water partition coefficient (Wildman–Crippen LogP) is 6.06. The topological polar surface area (TPSA) is 112 Å². The standard InChI is InChI=1S/C29H26FNO7S/c1-36-23-10-7-16(14-25(23)38-3)22(32)13-17(8-12-26(33)34)28(35)21-9-11-24(37-2)27(31-21)19-15-39-29-18(19)5-4-6-20(29)30/h4-7,9-11,14-15,17H,8,12-13H2,1-3H3,(H,33,34). The van der Waals surface area contributed by atoms with E-state index in [1.54, 1.807) is 35.7 Å². The van der Waals surface area contributed by atoms with E-state index in [1.165, 1.54) is 50.9 Å². The number of rotatable bonds is 12. The molecule has 0 saturated carbocycles. The summed E-state index contributed by atoms with van der Waals surface area (Å²) in [6.07, 6.45) is -0.576. The number of hydrogen-bond donors (Lipinski definition) is 1. The summed E-state index contributed by atoms with van der Waals surface area (Å²) in [4.78, 5) is 42.7. The Morgan fingerprint density at radius 3 is 2.38 bits per heavy atom. The van der Waals surface area contributed by atoms with Gasteiger partial charge in [-0.25, -0.2) is 9.37 Å². The molecule has 0 amide bonds. The first-order valence-corrected chi connectivity index (χ1v) is 12.9. The number of halogens is 1. The van der Waals surface area contributed by atoms with E-state index in [9.17, 15) is 23.9 Å². The number of methoxy groups -OCH3 is 3. The first-order valence-electron chi connectivity index (χ1n) is 12.0. The minimum Gasteiger partial charge on any atom is -0.494 e. The van der Waals surface area contributed by atoms with Crippen molar-refractivity contribution < 1.29 is 38.1 Å². The van der Waals surface area contributed by atoms with Crippen LogP contribution in [0, 0.1) is 11.7 Å². The van der Waals surface area contributed by atoms with Crippen molar-refractivity contribution in [2.24, 2.45) is 5.92 Å². The molecule has 202 valence electrons. The molecular formula is C29H26FNO7S. The molecule has 0 saturated heterocycles. The molecule has 4 aromatic rings. The third-order valence-corrected chi connectivity index (χ3v) is 7.36. The summed E-state index contributed by atoms with van der Waals surface area (Å²) in [5.41, 5.74) is 1.31. The van der Waals surface area contributed by atoms with E-state index in [0.717, 1.165) is 0 Å². The van der Waals surface area contributed by atoms with Gasteiger partial charge in [-0.3, -0.25) is 14.4 Å². The SMILES string of the molecule is COc1ccc(C(=O)CC(CCC(=O)O)C(=O)c2ccc(OC)c(-c3csc4c(F)cccc34)n2)cc1OC. The minimum absolute atomic E-state index is 0.0527. The number of aliphatic carboxylic acids is 1. The third-order valence-electron chi connectivity index (χ3n) is 6.35. The fourth-order valence-electron chi connectivity index (χ4n) is 4.33. The molecule has 0 spiro atoms. The predicted molar refractivity (Wildman–Crippen MR) is 145 cm³/mol. The van der Waals surface area contributed by atoms with Crippen molar-refractivity contribution in [2.45, 2.75) is 19.3 Å². The second kappa shape index (κ2) is 12.0. The molecule has 0 aliphatic heterocycles.